The van der Waals surface area contributed by atoms with E-state index in [4.69, 9.17) is 9.15 Å². The quantitative estimate of drug-likeness (QED) is 0.859. The van der Waals surface area contributed by atoms with E-state index in [1.165, 1.54) is 11.1 Å². The fourth-order valence-electron chi connectivity index (χ4n) is 1.86. The molecule has 0 fully saturated rings. The second-order valence-corrected chi connectivity index (χ2v) is 3.95. The van der Waals surface area contributed by atoms with Crippen molar-refractivity contribution in [3.8, 4) is 5.75 Å². The molecule has 17 heavy (non-hydrogen) atoms. The highest BCUT2D eigenvalue weighted by Gasteiger charge is 2.11. The Morgan fingerprint density at radius 3 is 2.53 bits per heavy atom. The molecule has 90 valence electrons. The molecule has 0 amide bonds. The molecule has 2 aromatic rings. The minimum atomic E-state index is 0.280. The number of furan rings is 1. The van der Waals surface area contributed by atoms with Crippen molar-refractivity contribution in [1.82, 2.24) is 5.32 Å². The summed E-state index contributed by atoms with van der Waals surface area (Å²) in [5.41, 5.74) is 2.44. The lowest BCUT2D eigenvalue weighted by Crippen LogP contribution is -2.18. The molecule has 0 saturated carbocycles. The zero-order valence-corrected chi connectivity index (χ0v) is 10.1. The Labute approximate surface area is 101 Å². The van der Waals surface area contributed by atoms with E-state index in [1.807, 2.05) is 25.2 Å². The molecule has 1 aromatic heterocycles. The number of benzene rings is 1. The first-order valence-electron chi connectivity index (χ1n) is 5.65. The molecule has 1 N–H and O–H groups in total. The summed E-state index contributed by atoms with van der Waals surface area (Å²) in [6, 6.07) is 10.4. The van der Waals surface area contributed by atoms with Gasteiger partial charge in [0, 0.05) is 11.6 Å². The van der Waals surface area contributed by atoms with Crippen LogP contribution in [0.1, 0.15) is 17.2 Å². The summed E-state index contributed by atoms with van der Waals surface area (Å²) in [5, 5.41) is 3.29. The molecule has 3 nitrogen and oxygen atoms in total. The molecule has 2 rings (SSSR count). The lowest BCUT2D eigenvalue weighted by molar-refractivity contribution is 0.414. The van der Waals surface area contributed by atoms with Crippen LogP contribution < -0.4 is 10.1 Å². The van der Waals surface area contributed by atoms with Crippen LogP contribution in [0.4, 0.5) is 0 Å². The zero-order valence-electron chi connectivity index (χ0n) is 10.1. The van der Waals surface area contributed by atoms with E-state index in [1.54, 1.807) is 19.6 Å². The Kier molecular flexibility index (Phi) is 3.83. The lowest BCUT2D eigenvalue weighted by Gasteiger charge is -2.14. The van der Waals surface area contributed by atoms with Gasteiger partial charge in [0.25, 0.3) is 0 Å². The van der Waals surface area contributed by atoms with Crippen LogP contribution in [0, 0.1) is 0 Å². The average molecular weight is 231 g/mol. The van der Waals surface area contributed by atoms with E-state index in [2.05, 4.69) is 17.4 Å². The van der Waals surface area contributed by atoms with Gasteiger partial charge in [0.15, 0.2) is 0 Å². The monoisotopic (exact) mass is 231 g/mol. The summed E-state index contributed by atoms with van der Waals surface area (Å²) >= 11 is 0. The molecular weight excluding hydrogens is 214 g/mol. The Morgan fingerprint density at radius 2 is 2.00 bits per heavy atom. The Morgan fingerprint density at radius 1 is 1.24 bits per heavy atom. The second-order valence-electron chi connectivity index (χ2n) is 3.95. The number of hydrogen-bond acceptors (Lipinski definition) is 3. The van der Waals surface area contributed by atoms with Gasteiger partial charge in [-0.1, -0.05) is 12.1 Å². The highest BCUT2D eigenvalue weighted by molar-refractivity contribution is 5.28. The van der Waals surface area contributed by atoms with Gasteiger partial charge in [0.05, 0.1) is 19.6 Å². The molecular formula is C14H17NO2. The van der Waals surface area contributed by atoms with E-state index in [9.17, 15) is 0 Å². The van der Waals surface area contributed by atoms with Crippen LogP contribution in [0.15, 0.2) is 47.3 Å². The third kappa shape index (κ3) is 2.88. The Balaban J connectivity index is 2.07. The van der Waals surface area contributed by atoms with Gasteiger partial charge in [0.2, 0.25) is 0 Å². The van der Waals surface area contributed by atoms with Gasteiger partial charge < -0.3 is 14.5 Å². The van der Waals surface area contributed by atoms with E-state index in [-0.39, 0.29) is 6.04 Å². The van der Waals surface area contributed by atoms with Crippen LogP contribution in [0.2, 0.25) is 0 Å². The molecule has 1 aromatic carbocycles. The normalized spacial score (nSPS) is 12.4. The first-order valence-corrected chi connectivity index (χ1v) is 5.65. The predicted molar refractivity (Wildman–Crippen MR) is 67.2 cm³/mol. The minimum absolute atomic E-state index is 0.280. The molecule has 0 aliphatic rings. The summed E-state index contributed by atoms with van der Waals surface area (Å²) in [5.74, 6) is 0.887. The molecule has 0 spiro atoms. The number of nitrogens with one attached hydrogen (secondary N) is 1. The van der Waals surface area contributed by atoms with Gasteiger partial charge in [-0.25, -0.2) is 0 Å². The van der Waals surface area contributed by atoms with Crippen LogP contribution >= 0.6 is 0 Å². The van der Waals surface area contributed by atoms with Crippen molar-refractivity contribution in [2.45, 2.75) is 12.5 Å². The predicted octanol–water partition coefficient (Wildman–Crippen LogP) is 2.79. The Bertz CT molecular complexity index is 434. The van der Waals surface area contributed by atoms with E-state index >= 15 is 0 Å². The maximum Gasteiger partial charge on any atom is 0.118 e. The van der Waals surface area contributed by atoms with Crippen LogP contribution in [-0.4, -0.2) is 14.2 Å². The number of ether oxygens (including phenoxy) is 1. The van der Waals surface area contributed by atoms with Crippen LogP contribution in [0.5, 0.6) is 5.75 Å². The van der Waals surface area contributed by atoms with Gasteiger partial charge in [0.1, 0.15) is 5.75 Å². The minimum Gasteiger partial charge on any atom is -0.497 e. The van der Waals surface area contributed by atoms with Gasteiger partial charge >= 0.3 is 0 Å². The van der Waals surface area contributed by atoms with Gasteiger partial charge in [-0.15, -0.1) is 0 Å². The molecule has 3 heteroatoms. The van der Waals surface area contributed by atoms with Crippen molar-refractivity contribution in [3.05, 3.63) is 54.0 Å². The van der Waals surface area contributed by atoms with Crippen LogP contribution in [0.3, 0.4) is 0 Å². The number of methoxy groups -OCH3 is 1. The SMILES string of the molecule is CNC(Cc1ccc(OC)cc1)c1ccoc1. The molecule has 0 aliphatic heterocycles. The van der Waals surface area contributed by atoms with Crippen LogP contribution in [-0.2, 0) is 6.42 Å². The van der Waals surface area contributed by atoms with Gasteiger partial charge in [-0.2, -0.15) is 0 Å². The summed E-state index contributed by atoms with van der Waals surface area (Å²) < 4.78 is 10.3. The highest BCUT2D eigenvalue weighted by atomic mass is 16.5. The second kappa shape index (κ2) is 5.55. The molecule has 1 unspecified atom stereocenters. The van der Waals surface area contributed by atoms with Crippen LogP contribution in [0.25, 0.3) is 0 Å². The summed E-state index contributed by atoms with van der Waals surface area (Å²) in [6.45, 7) is 0. The van der Waals surface area contributed by atoms with E-state index < -0.39 is 0 Å². The summed E-state index contributed by atoms with van der Waals surface area (Å²) in [7, 11) is 3.64. The topological polar surface area (TPSA) is 34.4 Å². The molecule has 1 heterocycles. The molecule has 0 bridgehead atoms. The lowest BCUT2D eigenvalue weighted by atomic mass is 10.0. The highest BCUT2D eigenvalue weighted by Crippen LogP contribution is 2.20. The number of rotatable bonds is 5. The van der Waals surface area contributed by atoms with Crippen molar-refractivity contribution < 1.29 is 9.15 Å². The zero-order chi connectivity index (χ0) is 12.1. The van der Waals surface area contributed by atoms with Crippen molar-refractivity contribution in [2.75, 3.05) is 14.2 Å². The summed E-state index contributed by atoms with van der Waals surface area (Å²) in [4.78, 5) is 0. The molecule has 1 atom stereocenters. The first-order chi connectivity index (χ1) is 8.33. The fourth-order valence-corrected chi connectivity index (χ4v) is 1.86. The van der Waals surface area contributed by atoms with E-state index in [0.717, 1.165) is 12.2 Å². The number of likely N-dealkylation sites (N-methyl/N-ethyl adjacent to an activating group) is 1. The smallest absolute Gasteiger partial charge is 0.118 e. The summed E-state index contributed by atoms with van der Waals surface area (Å²) in [6.07, 6.45) is 4.42. The Hall–Kier alpha value is -1.74. The molecule has 0 saturated heterocycles. The third-order valence-corrected chi connectivity index (χ3v) is 2.89. The van der Waals surface area contributed by atoms with Crippen molar-refractivity contribution in [1.29, 1.82) is 0 Å². The maximum atomic E-state index is 5.14. The maximum absolute atomic E-state index is 5.14. The third-order valence-electron chi connectivity index (χ3n) is 2.89. The first kappa shape index (κ1) is 11.7. The number of hydrogen-bond donors (Lipinski definition) is 1. The van der Waals surface area contributed by atoms with Crippen molar-refractivity contribution in [3.63, 3.8) is 0 Å². The molecule has 0 radical (unpaired) electrons. The average Bonchev–Trinajstić information content (AvgIpc) is 2.90. The van der Waals surface area contributed by atoms with Gasteiger partial charge in [-0.05, 0) is 37.2 Å². The van der Waals surface area contributed by atoms with Gasteiger partial charge in [-0.3, -0.25) is 0 Å². The molecule has 0 aliphatic carbocycles. The van der Waals surface area contributed by atoms with E-state index in [0.29, 0.717) is 0 Å². The largest absolute Gasteiger partial charge is 0.497 e. The standard InChI is InChI=1S/C14H17NO2/c1-15-14(12-7-8-17-10-12)9-11-3-5-13(16-2)6-4-11/h3-8,10,14-15H,9H2,1-2H3. The fraction of sp³-hybridized carbons (Fsp3) is 0.286. The van der Waals surface area contributed by atoms with Crippen molar-refractivity contribution >= 4 is 0 Å². The van der Waals surface area contributed by atoms with Crippen molar-refractivity contribution in [2.24, 2.45) is 0 Å².